The summed E-state index contributed by atoms with van der Waals surface area (Å²) in [5.74, 6) is 0. The second-order valence-corrected chi connectivity index (χ2v) is 4.57. The molecule has 0 bridgehead atoms. The van der Waals surface area contributed by atoms with E-state index in [-0.39, 0.29) is 6.92 Å². The molecule has 0 fully saturated rings. The monoisotopic (exact) mass is 253 g/mol. The third kappa shape index (κ3) is 4.23. The molecule has 2 aromatic carbocycles. The van der Waals surface area contributed by atoms with Crippen molar-refractivity contribution in [3.63, 3.8) is 0 Å². The van der Waals surface area contributed by atoms with Crippen molar-refractivity contribution in [2.24, 2.45) is 5.73 Å². The molecule has 0 amide bonds. The van der Waals surface area contributed by atoms with Gasteiger partial charge in [-0.2, -0.15) is 0 Å². The molecule has 0 aliphatic carbocycles. The molecule has 2 rings (SSSR count). The van der Waals surface area contributed by atoms with Crippen LogP contribution in [-0.4, -0.2) is 20.1 Å². The molecule has 0 aromatic heterocycles. The molecular formula is C16H20BNO. The summed E-state index contributed by atoms with van der Waals surface area (Å²) in [6.45, 7) is 1.48. The van der Waals surface area contributed by atoms with Gasteiger partial charge in [0.15, 0.2) is 0 Å². The maximum absolute atomic E-state index is 6.06. The first-order valence-electron chi connectivity index (χ1n) is 6.83. The molecule has 2 aromatic rings. The molecule has 2 nitrogen and oxygen atoms in total. The van der Waals surface area contributed by atoms with E-state index in [1.54, 1.807) is 0 Å². The molecule has 0 saturated carbocycles. The summed E-state index contributed by atoms with van der Waals surface area (Å²) in [5, 5.41) is 0. The van der Waals surface area contributed by atoms with Crippen molar-refractivity contribution in [1.29, 1.82) is 0 Å². The summed E-state index contributed by atoms with van der Waals surface area (Å²) in [7, 11) is 0. The highest BCUT2D eigenvalue weighted by Gasteiger charge is 2.20. The van der Waals surface area contributed by atoms with Crippen molar-refractivity contribution in [1.82, 2.24) is 0 Å². The van der Waals surface area contributed by atoms with Gasteiger partial charge in [0.25, 0.3) is 0 Å². The van der Waals surface area contributed by atoms with E-state index in [0.717, 1.165) is 26.0 Å². The molecule has 0 unspecified atom stereocenters. The number of hydrogen-bond donors (Lipinski definition) is 1. The zero-order valence-corrected chi connectivity index (χ0v) is 11.2. The van der Waals surface area contributed by atoms with Crippen LogP contribution in [0.25, 0.3) is 0 Å². The van der Waals surface area contributed by atoms with E-state index < -0.39 is 0 Å². The minimum Gasteiger partial charge on any atom is -0.427 e. The lowest BCUT2D eigenvalue weighted by Crippen LogP contribution is -2.45. The second kappa shape index (κ2) is 7.77. The molecule has 0 radical (unpaired) electrons. The number of rotatable bonds is 7. The summed E-state index contributed by atoms with van der Waals surface area (Å²) in [5.41, 5.74) is 7.90. The van der Waals surface area contributed by atoms with Gasteiger partial charge in [0, 0.05) is 6.61 Å². The third-order valence-corrected chi connectivity index (χ3v) is 3.09. The zero-order chi connectivity index (χ0) is 13.3. The second-order valence-electron chi connectivity index (χ2n) is 4.57. The van der Waals surface area contributed by atoms with E-state index in [4.69, 9.17) is 10.4 Å². The fourth-order valence-corrected chi connectivity index (χ4v) is 2.09. The molecule has 0 spiro atoms. The Balaban J connectivity index is 2.10. The van der Waals surface area contributed by atoms with Crippen molar-refractivity contribution in [3.05, 3.63) is 60.7 Å². The van der Waals surface area contributed by atoms with Gasteiger partial charge < -0.3 is 10.4 Å². The Kier molecular flexibility index (Phi) is 5.66. The Morgan fingerprint density at radius 1 is 0.789 bits per heavy atom. The number of hydrogen-bond acceptors (Lipinski definition) is 2. The van der Waals surface area contributed by atoms with Crippen LogP contribution in [0.2, 0.25) is 0 Å². The maximum Gasteiger partial charge on any atom is 0.361 e. The van der Waals surface area contributed by atoms with Crippen molar-refractivity contribution < 1.29 is 4.65 Å². The molecular weight excluding hydrogens is 233 g/mol. The lowest BCUT2D eigenvalue weighted by Gasteiger charge is -2.15. The molecule has 2 N–H and O–H groups in total. The van der Waals surface area contributed by atoms with Crippen LogP contribution in [0.4, 0.5) is 0 Å². The molecule has 0 aliphatic heterocycles. The minimum atomic E-state index is 0.0141. The van der Waals surface area contributed by atoms with E-state index in [1.807, 2.05) is 12.1 Å². The topological polar surface area (TPSA) is 35.2 Å². The van der Waals surface area contributed by atoms with E-state index in [1.165, 1.54) is 10.9 Å². The molecule has 0 aliphatic rings. The first-order valence-corrected chi connectivity index (χ1v) is 6.83. The normalized spacial score (nSPS) is 10.4. The SMILES string of the molecule is NCCCCOB(c1ccccc1)c1ccccc1. The highest BCUT2D eigenvalue weighted by atomic mass is 16.4. The van der Waals surface area contributed by atoms with E-state index in [0.29, 0.717) is 0 Å². The summed E-state index contributed by atoms with van der Waals surface area (Å²) < 4.78 is 6.06. The molecule has 3 heteroatoms. The highest BCUT2D eigenvalue weighted by Crippen LogP contribution is 1.97. The fraction of sp³-hybridized carbons (Fsp3) is 0.250. The maximum atomic E-state index is 6.06. The van der Waals surface area contributed by atoms with Crippen LogP contribution in [0.5, 0.6) is 0 Å². The van der Waals surface area contributed by atoms with Gasteiger partial charge in [0.2, 0.25) is 0 Å². The Morgan fingerprint density at radius 3 is 1.79 bits per heavy atom. The van der Waals surface area contributed by atoms with Crippen LogP contribution < -0.4 is 16.7 Å². The van der Waals surface area contributed by atoms with Gasteiger partial charge >= 0.3 is 6.92 Å². The highest BCUT2D eigenvalue weighted by molar-refractivity contribution is 6.80. The standard InChI is InChI=1S/C16H20BNO/c18-13-7-8-14-19-17(15-9-3-1-4-10-15)16-11-5-2-6-12-16/h1-6,9-12H,7-8,13-14,18H2. The van der Waals surface area contributed by atoms with Gasteiger partial charge in [0.1, 0.15) is 0 Å². The summed E-state index contributed by atoms with van der Waals surface area (Å²) in [6.07, 6.45) is 2.02. The van der Waals surface area contributed by atoms with Crippen molar-refractivity contribution in [2.75, 3.05) is 13.2 Å². The Labute approximate surface area is 115 Å². The largest absolute Gasteiger partial charge is 0.427 e. The lowest BCUT2D eigenvalue weighted by molar-refractivity contribution is 0.322. The lowest BCUT2D eigenvalue weighted by atomic mass is 9.55. The van der Waals surface area contributed by atoms with Crippen LogP contribution >= 0.6 is 0 Å². The predicted octanol–water partition coefficient (Wildman–Crippen LogP) is 1.55. The van der Waals surface area contributed by atoms with Gasteiger partial charge in [-0.3, -0.25) is 0 Å². The minimum absolute atomic E-state index is 0.0141. The smallest absolute Gasteiger partial charge is 0.361 e. The van der Waals surface area contributed by atoms with Crippen LogP contribution in [0.3, 0.4) is 0 Å². The van der Waals surface area contributed by atoms with Crippen LogP contribution in [0, 0.1) is 0 Å². The average Bonchev–Trinajstić information content (AvgIpc) is 2.49. The fourth-order valence-electron chi connectivity index (χ4n) is 2.09. The summed E-state index contributed by atoms with van der Waals surface area (Å²) in [4.78, 5) is 0. The molecule has 19 heavy (non-hydrogen) atoms. The van der Waals surface area contributed by atoms with Gasteiger partial charge in [-0.05, 0) is 30.3 Å². The Bertz CT molecular complexity index is 421. The van der Waals surface area contributed by atoms with Crippen molar-refractivity contribution in [3.8, 4) is 0 Å². The van der Waals surface area contributed by atoms with E-state index in [2.05, 4.69) is 48.5 Å². The summed E-state index contributed by atoms with van der Waals surface area (Å²) in [6, 6.07) is 20.7. The average molecular weight is 253 g/mol. The van der Waals surface area contributed by atoms with Gasteiger partial charge in [-0.1, -0.05) is 60.7 Å². The van der Waals surface area contributed by atoms with Crippen molar-refractivity contribution in [2.45, 2.75) is 12.8 Å². The van der Waals surface area contributed by atoms with Crippen LogP contribution in [0.15, 0.2) is 60.7 Å². The zero-order valence-electron chi connectivity index (χ0n) is 11.2. The first-order chi connectivity index (χ1) is 9.42. The Hall–Kier alpha value is -1.58. The van der Waals surface area contributed by atoms with Gasteiger partial charge in [-0.15, -0.1) is 0 Å². The predicted molar refractivity (Wildman–Crippen MR) is 82.1 cm³/mol. The molecule has 0 saturated heterocycles. The van der Waals surface area contributed by atoms with Crippen molar-refractivity contribution >= 4 is 17.8 Å². The quantitative estimate of drug-likeness (QED) is 0.600. The number of nitrogens with two attached hydrogens (primary N) is 1. The van der Waals surface area contributed by atoms with E-state index in [9.17, 15) is 0 Å². The number of unbranched alkanes of at least 4 members (excludes halogenated alkanes) is 1. The van der Waals surface area contributed by atoms with Gasteiger partial charge in [0.05, 0.1) is 0 Å². The van der Waals surface area contributed by atoms with E-state index >= 15 is 0 Å². The Morgan fingerprint density at radius 2 is 1.32 bits per heavy atom. The van der Waals surface area contributed by atoms with Crippen LogP contribution in [-0.2, 0) is 4.65 Å². The molecule has 0 atom stereocenters. The third-order valence-electron chi connectivity index (χ3n) is 3.09. The van der Waals surface area contributed by atoms with Crippen LogP contribution in [0.1, 0.15) is 12.8 Å². The molecule has 0 heterocycles. The number of benzene rings is 2. The summed E-state index contributed by atoms with van der Waals surface area (Å²) >= 11 is 0. The van der Waals surface area contributed by atoms with Gasteiger partial charge in [-0.25, -0.2) is 0 Å². The molecule has 98 valence electrons. The first kappa shape index (κ1) is 13.8.